The van der Waals surface area contributed by atoms with Crippen LogP contribution in [0, 0.1) is 13.8 Å². The minimum atomic E-state index is -0.116. The Kier molecular flexibility index (Phi) is 3.06. The maximum atomic E-state index is 5.52. The molecule has 1 aromatic carbocycles. The molecule has 1 atom stereocenters. The van der Waals surface area contributed by atoms with Gasteiger partial charge >= 0.3 is 0 Å². The number of aromatic nitrogens is 2. The summed E-state index contributed by atoms with van der Waals surface area (Å²) in [6.07, 6.45) is 3.44. The Labute approximate surface area is 95.5 Å². The van der Waals surface area contributed by atoms with Crippen LogP contribution in [0.1, 0.15) is 28.6 Å². The monoisotopic (exact) mass is 216 g/mol. The van der Waals surface area contributed by atoms with Crippen molar-refractivity contribution in [3.8, 4) is 0 Å². The van der Waals surface area contributed by atoms with Crippen LogP contribution >= 0.6 is 0 Å². The fourth-order valence-corrected chi connectivity index (χ4v) is 1.86. The second kappa shape index (κ2) is 4.49. The Morgan fingerprint density at radius 1 is 1.31 bits per heavy atom. The maximum absolute atomic E-state index is 5.52. The third-order valence-corrected chi connectivity index (χ3v) is 2.93. The lowest BCUT2D eigenvalue weighted by Gasteiger charge is -2.17. The number of methoxy groups -OCH3 is 1. The van der Waals surface area contributed by atoms with Crippen molar-refractivity contribution in [2.24, 2.45) is 0 Å². The second-order valence-corrected chi connectivity index (χ2v) is 3.88. The number of benzene rings is 1. The van der Waals surface area contributed by atoms with Crippen LogP contribution in [0.4, 0.5) is 0 Å². The second-order valence-electron chi connectivity index (χ2n) is 3.88. The number of nitrogens with zero attached hydrogens (tertiary/aromatic N) is 1. The van der Waals surface area contributed by atoms with Gasteiger partial charge in [0, 0.05) is 19.5 Å². The quantitative estimate of drug-likeness (QED) is 0.856. The molecule has 0 radical (unpaired) electrons. The van der Waals surface area contributed by atoms with Gasteiger partial charge in [0.25, 0.3) is 0 Å². The summed E-state index contributed by atoms with van der Waals surface area (Å²) in [7, 11) is 1.70. The molecule has 0 spiro atoms. The van der Waals surface area contributed by atoms with Crippen molar-refractivity contribution in [3.63, 3.8) is 0 Å². The average Bonchev–Trinajstić information content (AvgIpc) is 2.79. The van der Waals surface area contributed by atoms with E-state index in [1.54, 1.807) is 13.3 Å². The van der Waals surface area contributed by atoms with E-state index in [1.165, 1.54) is 11.1 Å². The highest BCUT2D eigenvalue weighted by Crippen LogP contribution is 2.26. The molecule has 1 N–H and O–H groups in total. The summed E-state index contributed by atoms with van der Waals surface area (Å²) in [5.74, 6) is 0.844. The summed E-state index contributed by atoms with van der Waals surface area (Å²) >= 11 is 0. The number of H-pyrrole nitrogens is 1. The van der Waals surface area contributed by atoms with E-state index in [1.807, 2.05) is 12.3 Å². The normalized spacial score (nSPS) is 12.7. The van der Waals surface area contributed by atoms with E-state index in [9.17, 15) is 0 Å². The Morgan fingerprint density at radius 2 is 2.12 bits per heavy atom. The van der Waals surface area contributed by atoms with E-state index < -0.39 is 0 Å². The van der Waals surface area contributed by atoms with E-state index in [4.69, 9.17) is 4.74 Å². The van der Waals surface area contributed by atoms with E-state index in [2.05, 4.69) is 35.9 Å². The van der Waals surface area contributed by atoms with Gasteiger partial charge in [-0.15, -0.1) is 0 Å². The molecule has 1 aromatic heterocycles. The third-order valence-electron chi connectivity index (χ3n) is 2.93. The topological polar surface area (TPSA) is 37.9 Å². The first-order valence-electron chi connectivity index (χ1n) is 5.32. The molecule has 2 rings (SSSR count). The summed E-state index contributed by atoms with van der Waals surface area (Å²) < 4.78 is 5.52. The first-order chi connectivity index (χ1) is 7.74. The average molecular weight is 216 g/mol. The molecule has 0 aliphatic carbocycles. The van der Waals surface area contributed by atoms with Crippen molar-refractivity contribution < 1.29 is 4.74 Å². The summed E-state index contributed by atoms with van der Waals surface area (Å²) in [4.78, 5) is 7.35. The lowest BCUT2D eigenvalue weighted by molar-refractivity contribution is 0.129. The van der Waals surface area contributed by atoms with Crippen LogP contribution in [0.3, 0.4) is 0 Å². The molecule has 1 heterocycles. The molecule has 2 aromatic rings. The van der Waals surface area contributed by atoms with Gasteiger partial charge in [-0.05, 0) is 30.5 Å². The fraction of sp³-hybridized carbons (Fsp3) is 0.308. The van der Waals surface area contributed by atoms with Crippen LogP contribution in [-0.4, -0.2) is 17.1 Å². The number of nitrogens with one attached hydrogen (secondary N) is 1. The van der Waals surface area contributed by atoms with Crippen molar-refractivity contribution in [3.05, 3.63) is 53.1 Å². The predicted octanol–water partition coefficient (Wildman–Crippen LogP) is 2.76. The number of imidazole rings is 1. The molecular formula is C13H16N2O. The van der Waals surface area contributed by atoms with Gasteiger partial charge in [0.2, 0.25) is 0 Å². The van der Waals surface area contributed by atoms with Gasteiger partial charge < -0.3 is 9.72 Å². The minimum Gasteiger partial charge on any atom is -0.369 e. The van der Waals surface area contributed by atoms with Crippen LogP contribution < -0.4 is 0 Å². The summed E-state index contributed by atoms with van der Waals surface area (Å²) in [5.41, 5.74) is 3.69. The molecule has 0 fully saturated rings. The van der Waals surface area contributed by atoms with Crippen LogP contribution in [0.5, 0.6) is 0 Å². The molecule has 84 valence electrons. The van der Waals surface area contributed by atoms with E-state index >= 15 is 0 Å². The summed E-state index contributed by atoms with van der Waals surface area (Å²) in [5, 5.41) is 0. The Bertz CT molecular complexity index is 463. The molecule has 0 saturated carbocycles. The van der Waals surface area contributed by atoms with Gasteiger partial charge in [-0.2, -0.15) is 0 Å². The first-order valence-corrected chi connectivity index (χ1v) is 5.32. The van der Waals surface area contributed by atoms with Crippen molar-refractivity contribution in [1.82, 2.24) is 9.97 Å². The van der Waals surface area contributed by atoms with E-state index in [0.29, 0.717) is 0 Å². The van der Waals surface area contributed by atoms with Crippen LogP contribution in [-0.2, 0) is 4.74 Å². The Hall–Kier alpha value is -1.61. The fourth-order valence-electron chi connectivity index (χ4n) is 1.86. The molecule has 3 heteroatoms. The zero-order chi connectivity index (χ0) is 11.5. The standard InChI is InChI=1S/C13H16N2O/c1-9-5-4-6-11(10(9)2)12(16-3)13-14-7-8-15-13/h4-8,12H,1-3H3,(H,14,15). The zero-order valence-corrected chi connectivity index (χ0v) is 9.82. The number of aromatic amines is 1. The predicted molar refractivity (Wildman–Crippen MR) is 63.4 cm³/mol. The Balaban J connectivity index is 2.45. The van der Waals surface area contributed by atoms with Gasteiger partial charge in [0.05, 0.1) is 0 Å². The molecular weight excluding hydrogens is 200 g/mol. The van der Waals surface area contributed by atoms with Crippen molar-refractivity contribution in [2.75, 3.05) is 7.11 Å². The lowest BCUT2D eigenvalue weighted by atomic mass is 9.99. The summed E-state index contributed by atoms with van der Waals surface area (Å²) in [6.45, 7) is 4.22. The van der Waals surface area contributed by atoms with E-state index in [-0.39, 0.29) is 6.10 Å². The van der Waals surface area contributed by atoms with Crippen LogP contribution in [0.2, 0.25) is 0 Å². The highest BCUT2D eigenvalue weighted by atomic mass is 16.5. The molecule has 0 bridgehead atoms. The molecule has 0 aliphatic rings. The zero-order valence-electron chi connectivity index (χ0n) is 9.82. The van der Waals surface area contributed by atoms with Crippen molar-refractivity contribution in [1.29, 1.82) is 0 Å². The highest BCUT2D eigenvalue weighted by Gasteiger charge is 2.17. The smallest absolute Gasteiger partial charge is 0.140 e. The molecule has 16 heavy (non-hydrogen) atoms. The first kappa shape index (κ1) is 10.9. The van der Waals surface area contributed by atoms with Gasteiger partial charge in [0.15, 0.2) is 0 Å². The lowest BCUT2D eigenvalue weighted by Crippen LogP contribution is -2.08. The number of hydrogen-bond acceptors (Lipinski definition) is 2. The molecule has 1 unspecified atom stereocenters. The molecule has 0 amide bonds. The molecule has 3 nitrogen and oxygen atoms in total. The van der Waals surface area contributed by atoms with Gasteiger partial charge in [-0.1, -0.05) is 18.2 Å². The minimum absolute atomic E-state index is 0.116. The SMILES string of the molecule is COC(c1ncc[nH]1)c1cccc(C)c1C. The largest absolute Gasteiger partial charge is 0.369 e. The molecule has 0 aliphatic heterocycles. The third kappa shape index (κ3) is 1.86. The maximum Gasteiger partial charge on any atom is 0.140 e. The number of rotatable bonds is 3. The summed E-state index contributed by atoms with van der Waals surface area (Å²) in [6, 6.07) is 6.24. The molecule has 0 saturated heterocycles. The Morgan fingerprint density at radius 3 is 2.75 bits per heavy atom. The van der Waals surface area contributed by atoms with Crippen LogP contribution in [0.25, 0.3) is 0 Å². The number of aryl methyl sites for hydroxylation is 1. The number of ether oxygens (including phenoxy) is 1. The van der Waals surface area contributed by atoms with Gasteiger partial charge in [0.1, 0.15) is 11.9 Å². The van der Waals surface area contributed by atoms with Crippen molar-refractivity contribution >= 4 is 0 Å². The number of hydrogen-bond donors (Lipinski definition) is 1. The highest BCUT2D eigenvalue weighted by molar-refractivity contribution is 5.37. The van der Waals surface area contributed by atoms with E-state index in [0.717, 1.165) is 11.4 Å². The van der Waals surface area contributed by atoms with Crippen molar-refractivity contribution in [2.45, 2.75) is 20.0 Å². The van der Waals surface area contributed by atoms with Gasteiger partial charge in [-0.3, -0.25) is 0 Å². The van der Waals surface area contributed by atoms with Gasteiger partial charge in [-0.25, -0.2) is 4.98 Å². The van der Waals surface area contributed by atoms with Crippen LogP contribution in [0.15, 0.2) is 30.6 Å².